The predicted molar refractivity (Wildman–Crippen MR) is 102 cm³/mol. The Hall–Kier alpha value is -2.77. The highest BCUT2D eigenvalue weighted by molar-refractivity contribution is 5.96. The van der Waals surface area contributed by atoms with Crippen molar-refractivity contribution in [2.75, 3.05) is 11.9 Å². The van der Waals surface area contributed by atoms with Gasteiger partial charge in [-0.25, -0.2) is 0 Å². The Bertz CT molecular complexity index is 791. The largest absolute Gasteiger partial charge is 0.453 e. The van der Waals surface area contributed by atoms with Crippen LogP contribution < -0.4 is 5.32 Å². The average Bonchev–Trinajstić information content (AvgIpc) is 2.84. The number of nitrogens with one attached hydrogen (secondary N) is 1. The molecule has 1 aliphatic rings. The zero-order valence-electron chi connectivity index (χ0n) is 16.6. The summed E-state index contributed by atoms with van der Waals surface area (Å²) < 4.78 is 5.18. The van der Waals surface area contributed by atoms with Crippen LogP contribution in [0.15, 0.2) is 18.2 Å². The fourth-order valence-electron chi connectivity index (χ4n) is 3.58. The molecule has 1 saturated carbocycles. The molecule has 28 heavy (non-hydrogen) atoms. The van der Waals surface area contributed by atoms with E-state index < -0.39 is 34.7 Å². The number of carbonyl (C=O) groups is 3. The third-order valence-corrected chi connectivity index (χ3v) is 5.26. The lowest BCUT2D eigenvalue weighted by Crippen LogP contribution is -2.32. The molecule has 152 valence electrons. The molecule has 0 spiro atoms. The van der Waals surface area contributed by atoms with Crippen molar-refractivity contribution in [3.05, 3.63) is 39.4 Å². The first-order valence-corrected chi connectivity index (χ1v) is 9.30. The number of esters is 1. The molecular weight excluding hydrogens is 364 g/mol. The van der Waals surface area contributed by atoms with Crippen molar-refractivity contribution in [1.82, 2.24) is 0 Å². The molecule has 1 amide bonds. The number of ether oxygens (including phenoxy) is 1. The van der Waals surface area contributed by atoms with E-state index >= 15 is 0 Å². The maximum absolute atomic E-state index is 12.3. The molecule has 1 fully saturated rings. The molecule has 0 aliphatic heterocycles. The summed E-state index contributed by atoms with van der Waals surface area (Å²) in [4.78, 5) is 47.1. The Kier molecular flexibility index (Phi) is 6.88. The summed E-state index contributed by atoms with van der Waals surface area (Å²) in [6, 6.07) is 5.63. The minimum Gasteiger partial charge on any atom is -0.453 e. The van der Waals surface area contributed by atoms with Crippen LogP contribution in [0.5, 0.6) is 0 Å². The number of carbonyl (C=O) groups excluding carboxylic acids is 3. The summed E-state index contributed by atoms with van der Waals surface area (Å²) >= 11 is 0. The van der Waals surface area contributed by atoms with Gasteiger partial charge in [0.05, 0.1) is 6.42 Å². The molecule has 0 aromatic heterocycles. The molecule has 0 unspecified atom stereocenters. The summed E-state index contributed by atoms with van der Waals surface area (Å²) in [5, 5.41) is 13.6. The number of nitro groups is 1. The standard InChI is InChI=1S/C20H26N2O6/c1-11-5-6-12(2)17(7-11)21-20(25)14(4)28-19(24)9-15-16(10-22(26)27)13(3)8-18(15)23/h5-7,13-16H,8-10H2,1-4H3,(H,21,25)/t13-,14+,15-,16-/m1/s1. The van der Waals surface area contributed by atoms with E-state index in [0.717, 1.165) is 11.1 Å². The number of benzene rings is 1. The third kappa shape index (κ3) is 5.37. The van der Waals surface area contributed by atoms with Gasteiger partial charge < -0.3 is 10.1 Å². The molecule has 1 aromatic rings. The van der Waals surface area contributed by atoms with Gasteiger partial charge >= 0.3 is 5.97 Å². The topological polar surface area (TPSA) is 116 Å². The van der Waals surface area contributed by atoms with E-state index in [9.17, 15) is 24.5 Å². The Morgan fingerprint density at radius 1 is 1.36 bits per heavy atom. The lowest BCUT2D eigenvalue weighted by atomic mass is 9.88. The Morgan fingerprint density at radius 3 is 2.68 bits per heavy atom. The SMILES string of the molecule is Cc1ccc(C)c(NC(=O)[C@H](C)OC(=O)C[C@H]2C(=O)C[C@@H](C)[C@H]2C[N+](=O)[O-])c1. The smallest absolute Gasteiger partial charge is 0.307 e. The van der Waals surface area contributed by atoms with Crippen molar-refractivity contribution in [3.63, 3.8) is 0 Å². The number of nitrogens with zero attached hydrogens (tertiary/aromatic N) is 1. The van der Waals surface area contributed by atoms with E-state index in [0.29, 0.717) is 5.69 Å². The minimum absolute atomic E-state index is 0.152. The molecule has 0 heterocycles. The van der Waals surface area contributed by atoms with Crippen molar-refractivity contribution >= 4 is 23.3 Å². The zero-order valence-corrected chi connectivity index (χ0v) is 16.6. The molecule has 0 saturated heterocycles. The molecule has 0 radical (unpaired) electrons. The lowest BCUT2D eigenvalue weighted by Gasteiger charge is -2.19. The van der Waals surface area contributed by atoms with Crippen molar-refractivity contribution in [2.45, 2.75) is 46.6 Å². The number of anilines is 1. The van der Waals surface area contributed by atoms with Gasteiger partial charge in [0.15, 0.2) is 6.10 Å². The van der Waals surface area contributed by atoms with E-state index in [-0.39, 0.29) is 31.1 Å². The highest BCUT2D eigenvalue weighted by Gasteiger charge is 2.44. The Morgan fingerprint density at radius 2 is 2.04 bits per heavy atom. The molecule has 4 atom stereocenters. The number of amides is 1. The normalized spacial score (nSPS) is 22.6. The fraction of sp³-hybridized carbons (Fsp3) is 0.550. The molecule has 1 aliphatic carbocycles. The van der Waals surface area contributed by atoms with Crippen LogP contribution in [0.4, 0.5) is 5.69 Å². The Labute approximate surface area is 163 Å². The number of rotatable bonds is 7. The molecule has 8 nitrogen and oxygen atoms in total. The van der Waals surface area contributed by atoms with E-state index in [1.807, 2.05) is 32.0 Å². The summed E-state index contributed by atoms with van der Waals surface area (Å²) in [5.74, 6) is -2.72. The lowest BCUT2D eigenvalue weighted by molar-refractivity contribution is -0.490. The van der Waals surface area contributed by atoms with Gasteiger partial charge in [0.2, 0.25) is 6.54 Å². The van der Waals surface area contributed by atoms with Gasteiger partial charge in [0.25, 0.3) is 5.91 Å². The molecule has 8 heteroatoms. The molecular formula is C20H26N2O6. The van der Waals surface area contributed by atoms with Gasteiger partial charge in [0, 0.05) is 28.9 Å². The van der Waals surface area contributed by atoms with Gasteiger partial charge in [-0.3, -0.25) is 24.5 Å². The summed E-state index contributed by atoms with van der Waals surface area (Å²) in [7, 11) is 0. The van der Waals surface area contributed by atoms with E-state index in [2.05, 4.69) is 5.32 Å². The van der Waals surface area contributed by atoms with Gasteiger partial charge in [-0.2, -0.15) is 0 Å². The van der Waals surface area contributed by atoms with Gasteiger partial charge in [-0.05, 0) is 43.9 Å². The second kappa shape index (κ2) is 8.95. The first-order valence-electron chi connectivity index (χ1n) is 9.30. The first-order chi connectivity index (χ1) is 13.1. The van der Waals surface area contributed by atoms with E-state index in [1.54, 1.807) is 6.92 Å². The number of hydrogen-bond acceptors (Lipinski definition) is 6. The van der Waals surface area contributed by atoms with Crippen molar-refractivity contribution in [3.8, 4) is 0 Å². The third-order valence-electron chi connectivity index (χ3n) is 5.26. The van der Waals surface area contributed by atoms with Crippen LogP contribution >= 0.6 is 0 Å². The number of aryl methyl sites for hydroxylation is 2. The van der Waals surface area contributed by atoms with Crippen molar-refractivity contribution in [1.29, 1.82) is 0 Å². The van der Waals surface area contributed by atoms with Crippen LogP contribution in [0.1, 0.15) is 37.8 Å². The van der Waals surface area contributed by atoms with Crippen LogP contribution in [0.2, 0.25) is 0 Å². The van der Waals surface area contributed by atoms with Crippen LogP contribution in [-0.4, -0.2) is 35.2 Å². The minimum atomic E-state index is -1.05. The fourth-order valence-corrected chi connectivity index (χ4v) is 3.58. The van der Waals surface area contributed by atoms with E-state index in [1.165, 1.54) is 6.92 Å². The predicted octanol–water partition coefficient (Wildman–Crippen LogP) is 2.68. The quantitative estimate of drug-likeness (QED) is 0.435. The van der Waals surface area contributed by atoms with Gasteiger partial charge in [-0.15, -0.1) is 0 Å². The molecule has 1 aromatic carbocycles. The molecule has 2 rings (SSSR count). The maximum atomic E-state index is 12.3. The number of Topliss-reactive ketones (excluding diaryl/α,β-unsaturated/α-hetero) is 1. The number of hydrogen-bond donors (Lipinski definition) is 1. The van der Waals surface area contributed by atoms with Gasteiger partial charge in [-0.1, -0.05) is 19.1 Å². The first kappa shape index (κ1) is 21.5. The van der Waals surface area contributed by atoms with Crippen LogP contribution in [-0.2, 0) is 19.1 Å². The number of ketones is 1. The zero-order chi connectivity index (χ0) is 21.0. The van der Waals surface area contributed by atoms with Crippen LogP contribution in [0, 0.1) is 41.7 Å². The second-order valence-electron chi connectivity index (χ2n) is 7.58. The van der Waals surface area contributed by atoms with Crippen molar-refractivity contribution < 1.29 is 24.0 Å². The maximum Gasteiger partial charge on any atom is 0.307 e. The molecule has 1 N–H and O–H groups in total. The summed E-state index contributed by atoms with van der Waals surface area (Å²) in [6.45, 7) is 6.63. The molecule has 0 bridgehead atoms. The van der Waals surface area contributed by atoms with Crippen molar-refractivity contribution in [2.24, 2.45) is 17.8 Å². The van der Waals surface area contributed by atoms with Crippen LogP contribution in [0.25, 0.3) is 0 Å². The highest BCUT2D eigenvalue weighted by atomic mass is 16.6. The van der Waals surface area contributed by atoms with Crippen LogP contribution in [0.3, 0.4) is 0 Å². The highest BCUT2D eigenvalue weighted by Crippen LogP contribution is 2.36. The Balaban J connectivity index is 1.95. The van der Waals surface area contributed by atoms with Gasteiger partial charge in [0.1, 0.15) is 5.78 Å². The summed E-state index contributed by atoms with van der Waals surface area (Å²) in [6.07, 6.45) is -1.07. The summed E-state index contributed by atoms with van der Waals surface area (Å²) in [5.41, 5.74) is 2.50. The average molecular weight is 390 g/mol. The second-order valence-corrected chi connectivity index (χ2v) is 7.58. The monoisotopic (exact) mass is 390 g/mol. The van der Waals surface area contributed by atoms with E-state index in [4.69, 9.17) is 4.74 Å².